The number of fused-ring (bicyclic) bond motifs is 1. The molecule has 0 bridgehead atoms. The number of carbonyl (C=O) groups excluding carboxylic acids is 3. The molecule has 3 amide bonds. The molecule has 1 fully saturated rings. The molecule has 2 aliphatic rings. The summed E-state index contributed by atoms with van der Waals surface area (Å²) in [5.41, 5.74) is 1.35. The van der Waals surface area contributed by atoms with E-state index in [9.17, 15) is 14.4 Å². The van der Waals surface area contributed by atoms with Crippen molar-refractivity contribution >= 4 is 51.9 Å². The number of hydrogen-bond acceptors (Lipinski definition) is 5. The Morgan fingerprint density at radius 1 is 1.11 bits per heavy atom. The van der Waals surface area contributed by atoms with Crippen molar-refractivity contribution in [1.82, 2.24) is 9.80 Å². The van der Waals surface area contributed by atoms with Gasteiger partial charge in [-0.1, -0.05) is 42.4 Å². The van der Waals surface area contributed by atoms with Crippen LogP contribution < -0.4 is 0 Å². The van der Waals surface area contributed by atoms with Crippen molar-refractivity contribution in [1.29, 1.82) is 0 Å². The smallest absolute Gasteiger partial charge is 0.262 e. The van der Waals surface area contributed by atoms with E-state index in [1.807, 2.05) is 6.92 Å². The Kier molecular flexibility index (Phi) is 4.95. The fourth-order valence-electron chi connectivity index (χ4n) is 3.14. The molecule has 0 spiro atoms. The van der Waals surface area contributed by atoms with Crippen molar-refractivity contribution in [2.24, 2.45) is 4.99 Å². The van der Waals surface area contributed by atoms with Gasteiger partial charge in [0.1, 0.15) is 6.54 Å². The van der Waals surface area contributed by atoms with Gasteiger partial charge in [0.15, 0.2) is 5.17 Å². The largest absolute Gasteiger partial charge is 0.289 e. The average molecular weight is 414 g/mol. The maximum Gasteiger partial charge on any atom is 0.262 e. The van der Waals surface area contributed by atoms with Gasteiger partial charge in [-0.15, -0.1) is 0 Å². The monoisotopic (exact) mass is 413 g/mol. The van der Waals surface area contributed by atoms with Crippen molar-refractivity contribution < 1.29 is 14.4 Å². The van der Waals surface area contributed by atoms with E-state index in [2.05, 4.69) is 4.99 Å². The van der Waals surface area contributed by atoms with Crippen LogP contribution in [-0.2, 0) is 4.79 Å². The zero-order valence-electron chi connectivity index (χ0n) is 15.0. The first kappa shape index (κ1) is 18.7. The fraction of sp³-hybridized carbons (Fsp3) is 0.200. The molecule has 2 aliphatic heterocycles. The van der Waals surface area contributed by atoms with Crippen LogP contribution in [0.5, 0.6) is 0 Å². The maximum atomic E-state index is 12.9. The summed E-state index contributed by atoms with van der Waals surface area (Å²) in [6, 6.07) is 13.6. The highest BCUT2D eigenvalue weighted by molar-refractivity contribution is 8.14. The lowest BCUT2D eigenvalue weighted by Crippen LogP contribution is -2.43. The van der Waals surface area contributed by atoms with Gasteiger partial charge in [-0.2, -0.15) is 0 Å². The molecule has 2 heterocycles. The summed E-state index contributed by atoms with van der Waals surface area (Å²) in [5, 5.41) is 1.32. The van der Waals surface area contributed by atoms with Crippen LogP contribution in [0.2, 0.25) is 5.02 Å². The van der Waals surface area contributed by atoms with E-state index >= 15 is 0 Å². The number of aliphatic imine (C=N–C) groups is 1. The molecular weight excluding hydrogens is 398 g/mol. The minimum atomic E-state index is -0.440. The van der Waals surface area contributed by atoms with Crippen LogP contribution in [-0.4, -0.2) is 51.0 Å². The molecule has 2 aromatic carbocycles. The molecule has 6 nitrogen and oxygen atoms in total. The summed E-state index contributed by atoms with van der Waals surface area (Å²) in [6.07, 6.45) is 0. The molecule has 0 saturated carbocycles. The van der Waals surface area contributed by atoms with E-state index in [1.165, 1.54) is 16.7 Å². The number of amidine groups is 1. The first-order chi connectivity index (χ1) is 13.4. The molecule has 0 unspecified atom stereocenters. The molecule has 2 aromatic rings. The number of rotatable bonds is 3. The first-order valence-corrected chi connectivity index (χ1v) is 9.96. The number of benzene rings is 2. The predicted molar refractivity (Wildman–Crippen MR) is 109 cm³/mol. The molecule has 0 N–H and O–H groups in total. The summed E-state index contributed by atoms with van der Waals surface area (Å²) < 4.78 is 0. The van der Waals surface area contributed by atoms with Gasteiger partial charge in [-0.3, -0.25) is 24.2 Å². The van der Waals surface area contributed by atoms with E-state index in [1.54, 1.807) is 48.5 Å². The molecule has 4 rings (SSSR count). The summed E-state index contributed by atoms with van der Waals surface area (Å²) in [4.78, 5) is 45.0. The minimum Gasteiger partial charge on any atom is -0.289 e. The molecule has 0 aromatic heterocycles. The Labute approximate surface area is 171 Å². The number of nitrogens with zero attached hydrogens (tertiary/aromatic N) is 3. The maximum absolute atomic E-state index is 12.9. The van der Waals surface area contributed by atoms with Crippen LogP contribution in [0.1, 0.15) is 27.6 Å². The van der Waals surface area contributed by atoms with Gasteiger partial charge in [0.05, 0.1) is 16.8 Å². The Hall–Kier alpha value is -2.64. The van der Waals surface area contributed by atoms with Crippen molar-refractivity contribution in [2.75, 3.05) is 13.1 Å². The third-order valence-electron chi connectivity index (χ3n) is 4.50. The second-order valence-electron chi connectivity index (χ2n) is 6.55. The van der Waals surface area contributed by atoms with Gasteiger partial charge in [0, 0.05) is 16.8 Å². The Morgan fingerprint density at radius 3 is 2.32 bits per heavy atom. The van der Waals surface area contributed by atoms with Crippen molar-refractivity contribution in [2.45, 2.75) is 12.2 Å². The van der Waals surface area contributed by atoms with E-state index in [0.29, 0.717) is 33.5 Å². The molecule has 1 saturated heterocycles. The van der Waals surface area contributed by atoms with Gasteiger partial charge in [-0.05, 0) is 36.4 Å². The lowest BCUT2D eigenvalue weighted by atomic mass is 10.1. The normalized spacial score (nSPS) is 20.2. The van der Waals surface area contributed by atoms with Crippen LogP contribution in [0.4, 0.5) is 5.69 Å². The van der Waals surface area contributed by atoms with Crippen molar-refractivity contribution in [3.05, 3.63) is 64.7 Å². The molecule has 142 valence electrons. The first-order valence-electron chi connectivity index (χ1n) is 8.70. The lowest BCUT2D eigenvalue weighted by Gasteiger charge is -2.20. The van der Waals surface area contributed by atoms with E-state index in [0.717, 1.165) is 4.90 Å². The highest BCUT2D eigenvalue weighted by Crippen LogP contribution is 2.29. The number of halogens is 1. The third-order valence-corrected chi connectivity index (χ3v) is 5.83. The number of thioether (sulfide) groups is 1. The lowest BCUT2D eigenvalue weighted by molar-refractivity contribution is -0.127. The predicted octanol–water partition coefficient (Wildman–Crippen LogP) is 3.59. The molecule has 1 atom stereocenters. The zero-order valence-corrected chi connectivity index (χ0v) is 16.5. The van der Waals surface area contributed by atoms with Crippen molar-refractivity contribution in [3.63, 3.8) is 0 Å². The van der Waals surface area contributed by atoms with Gasteiger partial charge in [-0.25, -0.2) is 4.99 Å². The van der Waals surface area contributed by atoms with Crippen LogP contribution in [0.25, 0.3) is 0 Å². The molecule has 0 aliphatic carbocycles. The average Bonchev–Trinajstić information content (AvgIpc) is 3.17. The van der Waals surface area contributed by atoms with Gasteiger partial charge in [0.2, 0.25) is 5.91 Å². The molecule has 28 heavy (non-hydrogen) atoms. The van der Waals surface area contributed by atoms with E-state index in [-0.39, 0.29) is 17.7 Å². The van der Waals surface area contributed by atoms with E-state index in [4.69, 9.17) is 11.6 Å². The fourth-order valence-corrected chi connectivity index (χ4v) is 4.31. The second kappa shape index (κ2) is 7.41. The second-order valence-corrected chi connectivity index (χ2v) is 8.39. The summed E-state index contributed by atoms with van der Waals surface area (Å²) >= 11 is 7.39. The highest BCUT2D eigenvalue weighted by atomic mass is 35.5. The number of carbonyl (C=O) groups is 3. The van der Waals surface area contributed by atoms with Crippen LogP contribution in [0, 0.1) is 0 Å². The van der Waals surface area contributed by atoms with Crippen molar-refractivity contribution in [3.8, 4) is 0 Å². The number of amides is 3. The van der Waals surface area contributed by atoms with Gasteiger partial charge >= 0.3 is 0 Å². The third kappa shape index (κ3) is 3.43. The van der Waals surface area contributed by atoms with E-state index < -0.39 is 11.8 Å². The SMILES string of the molecule is C[C@H]1CN(C(=O)CN2C(=O)c3ccccc3C2=O)C(=Nc2ccc(Cl)cc2)S1. The summed E-state index contributed by atoms with van der Waals surface area (Å²) in [7, 11) is 0. The Balaban J connectivity index is 1.55. The quantitative estimate of drug-likeness (QED) is 0.721. The zero-order chi connectivity index (χ0) is 19.8. The highest BCUT2D eigenvalue weighted by Gasteiger charge is 2.39. The molecular formula is C20H16ClN3O3S. The minimum absolute atomic E-state index is 0.164. The van der Waals surface area contributed by atoms with Crippen LogP contribution >= 0.6 is 23.4 Å². The van der Waals surface area contributed by atoms with Gasteiger partial charge in [0.25, 0.3) is 11.8 Å². The standard InChI is InChI=1S/C20H16ClN3O3S/c1-12-10-23(20(28-12)22-14-8-6-13(21)7-9-14)17(25)11-24-18(26)15-4-2-3-5-16(15)19(24)27/h2-9,12H,10-11H2,1H3/t12-/m0/s1. The number of hydrogen-bond donors (Lipinski definition) is 0. The molecule has 8 heteroatoms. The Morgan fingerprint density at radius 2 is 1.71 bits per heavy atom. The van der Waals surface area contributed by atoms with Gasteiger partial charge < -0.3 is 0 Å². The van der Waals surface area contributed by atoms with Crippen LogP contribution in [0.3, 0.4) is 0 Å². The summed E-state index contributed by atoms with van der Waals surface area (Å²) in [6.45, 7) is 2.16. The Bertz CT molecular complexity index is 971. The molecule has 0 radical (unpaired) electrons. The summed E-state index contributed by atoms with van der Waals surface area (Å²) in [5.74, 6) is -1.21. The van der Waals surface area contributed by atoms with Crippen LogP contribution in [0.15, 0.2) is 53.5 Å². The number of imide groups is 1. The topological polar surface area (TPSA) is 70.1 Å².